The first-order valence-electron chi connectivity index (χ1n) is 5.26. The first-order chi connectivity index (χ1) is 8.56. The number of hydrogen-bond acceptors (Lipinski definition) is 5. The Labute approximate surface area is 102 Å². The summed E-state index contributed by atoms with van der Waals surface area (Å²) in [6.45, 7) is 0.374. The molecule has 8 heteroatoms. The Bertz CT molecular complexity index is 553. The summed E-state index contributed by atoms with van der Waals surface area (Å²) in [5.41, 5.74) is 5.25. The fourth-order valence-corrected chi connectivity index (χ4v) is 1.40. The van der Waals surface area contributed by atoms with Crippen LogP contribution >= 0.6 is 0 Å². The molecule has 2 aromatic rings. The molecular weight excluding hydrogens is 242 g/mol. The number of nitrogens with zero attached hydrogens (tertiary/aromatic N) is 4. The number of pyridine rings is 1. The highest BCUT2D eigenvalue weighted by Crippen LogP contribution is 2.16. The maximum Gasteiger partial charge on any atom is 0.168 e. The van der Waals surface area contributed by atoms with E-state index in [1.54, 1.807) is 18.1 Å². The Morgan fingerprint density at radius 2 is 2.17 bits per heavy atom. The number of anilines is 2. The number of aromatic nitrogens is 4. The van der Waals surface area contributed by atoms with E-state index in [9.17, 15) is 8.78 Å². The third kappa shape index (κ3) is 2.70. The van der Waals surface area contributed by atoms with E-state index in [0.29, 0.717) is 24.9 Å². The second-order valence-electron chi connectivity index (χ2n) is 3.70. The molecule has 3 N–H and O–H groups in total. The lowest BCUT2D eigenvalue weighted by Crippen LogP contribution is -2.11. The molecule has 0 unspecified atom stereocenters. The van der Waals surface area contributed by atoms with Crippen LogP contribution in [0.4, 0.5) is 20.4 Å². The highest BCUT2D eigenvalue weighted by Gasteiger charge is 2.09. The predicted molar refractivity (Wildman–Crippen MR) is 61.8 cm³/mol. The monoisotopic (exact) mass is 254 g/mol. The van der Waals surface area contributed by atoms with Gasteiger partial charge < -0.3 is 11.1 Å². The van der Waals surface area contributed by atoms with E-state index in [-0.39, 0.29) is 11.6 Å². The van der Waals surface area contributed by atoms with Gasteiger partial charge in [0.05, 0.1) is 0 Å². The van der Waals surface area contributed by atoms with E-state index < -0.39 is 11.6 Å². The van der Waals surface area contributed by atoms with Gasteiger partial charge in [0.1, 0.15) is 6.33 Å². The molecule has 0 aliphatic heterocycles. The van der Waals surface area contributed by atoms with E-state index in [0.717, 1.165) is 0 Å². The van der Waals surface area contributed by atoms with Gasteiger partial charge in [0, 0.05) is 26.1 Å². The fourth-order valence-electron chi connectivity index (χ4n) is 1.40. The molecule has 0 spiro atoms. The lowest BCUT2D eigenvalue weighted by Gasteiger charge is -2.06. The number of halogens is 2. The first-order valence-corrected chi connectivity index (χ1v) is 5.26. The number of nitrogens with two attached hydrogens (primary N) is 1. The molecule has 0 saturated heterocycles. The molecule has 0 aliphatic carbocycles. The van der Waals surface area contributed by atoms with Crippen molar-refractivity contribution in [2.45, 2.75) is 6.42 Å². The van der Waals surface area contributed by atoms with E-state index in [1.807, 2.05) is 0 Å². The van der Waals surface area contributed by atoms with Crippen molar-refractivity contribution in [3.8, 4) is 0 Å². The van der Waals surface area contributed by atoms with Crippen molar-refractivity contribution in [3.63, 3.8) is 0 Å². The van der Waals surface area contributed by atoms with Gasteiger partial charge in [-0.3, -0.25) is 4.68 Å². The maximum absolute atomic E-state index is 13.3. The van der Waals surface area contributed by atoms with E-state index >= 15 is 0 Å². The molecule has 0 amide bonds. The second-order valence-corrected chi connectivity index (χ2v) is 3.70. The number of nitrogens with one attached hydrogen (secondary N) is 1. The largest absolute Gasteiger partial charge is 0.381 e. The molecule has 0 bridgehead atoms. The molecule has 0 saturated carbocycles. The molecule has 2 rings (SSSR count). The minimum absolute atomic E-state index is 0.0789. The van der Waals surface area contributed by atoms with Crippen molar-refractivity contribution >= 4 is 11.6 Å². The zero-order valence-corrected chi connectivity index (χ0v) is 9.69. The van der Waals surface area contributed by atoms with Crippen molar-refractivity contribution in [3.05, 3.63) is 29.9 Å². The Morgan fingerprint density at radius 3 is 2.83 bits per heavy atom. The van der Waals surface area contributed by atoms with Crippen LogP contribution in [0.3, 0.4) is 0 Å². The molecule has 2 aromatic heterocycles. The summed E-state index contributed by atoms with van der Waals surface area (Å²) in [7, 11) is 1.76. The molecule has 0 aliphatic rings. The van der Waals surface area contributed by atoms with E-state index in [4.69, 9.17) is 5.73 Å². The molecule has 18 heavy (non-hydrogen) atoms. The van der Waals surface area contributed by atoms with Gasteiger partial charge >= 0.3 is 0 Å². The SMILES string of the molecule is Cn1cnc(CCNc2nc(N)c(F)cc2F)n1. The van der Waals surface area contributed by atoms with Gasteiger partial charge in [-0.05, 0) is 0 Å². The standard InChI is InChI=1S/C10H12F2N6/c1-18-5-15-8(17-18)2-3-14-10-7(12)4-6(11)9(13)16-10/h4-5H,2-3H2,1H3,(H3,13,14,16). The fraction of sp³-hybridized carbons (Fsp3) is 0.300. The molecule has 0 aromatic carbocycles. The summed E-state index contributed by atoms with van der Waals surface area (Å²) in [6.07, 6.45) is 2.07. The third-order valence-electron chi connectivity index (χ3n) is 2.24. The highest BCUT2D eigenvalue weighted by molar-refractivity contribution is 5.44. The van der Waals surface area contributed by atoms with E-state index in [2.05, 4.69) is 20.4 Å². The summed E-state index contributed by atoms with van der Waals surface area (Å²) < 4.78 is 27.7. The summed E-state index contributed by atoms with van der Waals surface area (Å²) in [4.78, 5) is 7.59. The van der Waals surface area contributed by atoms with Crippen LogP contribution in [0.15, 0.2) is 12.4 Å². The van der Waals surface area contributed by atoms with Crippen molar-refractivity contribution in [2.75, 3.05) is 17.6 Å². The number of nitrogen functional groups attached to an aromatic ring is 1. The number of aryl methyl sites for hydroxylation is 1. The lowest BCUT2D eigenvalue weighted by molar-refractivity contribution is 0.579. The average Bonchev–Trinajstić information content (AvgIpc) is 2.71. The summed E-state index contributed by atoms with van der Waals surface area (Å²) in [5.74, 6) is -1.44. The van der Waals surface area contributed by atoms with Gasteiger partial charge in [0.15, 0.2) is 29.1 Å². The van der Waals surface area contributed by atoms with Crippen molar-refractivity contribution in [2.24, 2.45) is 7.05 Å². The summed E-state index contributed by atoms with van der Waals surface area (Å²) in [5, 5.41) is 6.78. The Hall–Kier alpha value is -2.25. The van der Waals surface area contributed by atoms with Gasteiger partial charge in [-0.1, -0.05) is 0 Å². The number of hydrogen-bond donors (Lipinski definition) is 2. The van der Waals surface area contributed by atoms with E-state index in [1.165, 1.54) is 0 Å². The van der Waals surface area contributed by atoms with Crippen LogP contribution in [0.25, 0.3) is 0 Å². The molecule has 2 heterocycles. The van der Waals surface area contributed by atoms with Crippen LogP contribution in [0.1, 0.15) is 5.82 Å². The van der Waals surface area contributed by atoms with Crippen LogP contribution in [0.2, 0.25) is 0 Å². The first kappa shape index (κ1) is 12.2. The zero-order chi connectivity index (χ0) is 13.1. The second kappa shape index (κ2) is 4.94. The third-order valence-corrected chi connectivity index (χ3v) is 2.24. The van der Waals surface area contributed by atoms with Crippen molar-refractivity contribution in [1.82, 2.24) is 19.7 Å². The molecule has 96 valence electrons. The Morgan fingerprint density at radius 1 is 1.39 bits per heavy atom. The normalized spacial score (nSPS) is 10.6. The minimum Gasteiger partial charge on any atom is -0.381 e. The molecule has 0 radical (unpaired) electrons. The van der Waals surface area contributed by atoms with Gasteiger partial charge in [0.25, 0.3) is 0 Å². The summed E-state index contributed by atoms with van der Waals surface area (Å²) in [6, 6.07) is 0.698. The maximum atomic E-state index is 13.3. The smallest absolute Gasteiger partial charge is 0.168 e. The molecular formula is C10H12F2N6. The van der Waals surface area contributed by atoms with Gasteiger partial charge in [-0.15, -0.1) is 0 Å². The molecule has 0 atom stereocenters. The lowest BCUT2D eigenvalue weighted by atomic mass is 10.3. The Kier molecular flexibility index (Phi) is 3.35. The average molecular weight is 254 g/mol. The van der Waals surface area contributed by atoms with Crippen LogP contribution in [0, 0.1) is 11.6 Å². The van der Waals surface area contributed by atoms with Crippen molar-refractivity contribution in [1.29, 1.82) is 0 Å². The quantitative estimate of drug-likeness (QED) is 0.840. The zero-order valence-electron chi connectivity index (χ0n) is 9.69. The predicted octanol–water partition coefficient (Wildman–Crippen LogP) is 0.725. The van der Waals surface area contributed by atoms with Gasteiger partial charge in [-0.2, -0.15) is 5.10 Å². The van der Waals surface area contributed by atoms with Gasteiger partial charge in [-0.25, -0.2) is 18.7 Å². The van der Waals surface area contributed by atoms with Crippen molar-refractivity contribution < 1.29 is 8.78 Å². The highest BCUT2D eigenvalue weighted by atomic mass is 19.1. The molecule has 6 nitrogen and oxygen atoms in total. The van der Waals surface area contributed by atoms with Crippen LogP contribution in [-0.4, -0.2) is 26.3 Å². The van der Waals surface area contributed by atoms with Crippen LogP contribution in [0.5, 0.6) is 0 Å². The summed E-state index contributed by atoms with van der Waals surface area (Å²) >= 11 is 0. The minimum atomic E-state index is -0.871. The Balaban J connectivity index is 1.96. The number of rotatable bonds is 4. The van der Waals surface area contributed by atoms with Crippen LogP contribution < -0.4 is 11.1 Å². The van der Waals surface area contributed by atoms with Gasteiger partial charge in [0.2, 0.25) is 0 Å². The van der Waals surface area contributed by atoms with Crippen LogP contribution in [-0.2, 0) is 13.5 Å². The topological polar surface area (TPSA) is 81.7 Å². The molecule has 0 fully saturated rings.